The van der Waals surface area contributed by atoms with E-state index < -0.39 is 0 Å². The second kappa shape index (κ2) is 4.74. The number of likely N-dealkylation sites (tertiary alicyclic amines) is 1. The summed E-state index contributed by atoms with van der Waals surface area (Å²) in [6, 6.07) is 5.91. The Balaban J connectivity index is 2.13. The van der Waals surface area contributed by atoms with Crippen molar-refractivity contribution in [2.45, 2.75) is 43.6 Å². The zero-order valence-corrected chi connectivity index (χ0v) is 12.8. The molecule has 3 rings (SSSR count). The van der Waals surface area contributed by atoms with Crippen LogP contribution in [0.2, 0.25) is 0 Å². The quantitative estimate of drug-likeness (QED) is 0.901. The monoisotopic (exact) mass is 275 g/mol. The molecule has 0 amide bonds. The predicted molar refractivity (Wildman–Crippen MR) is 80.3 cm³/mol. The number of benzene rings is 1. The Morgan fingerprint density at radius 3 is 2.95 bits per heavy atom. The predicted octanol–water partition coefficient (Wildman–Crippen LogP) is 2.71. The normalized spacial score (nSPS) is 33.5. The van der Waals surface area contributed by atoms with Crippen LogP contribution in [0.3, 0.4) is 0 Å². The molecule has 2 unspecified atom stereocenters. The summed E-state index contributed by atoms with van der Waals surface area (Å²) < 4.78 is 5.58. The molecule has 0 aromatic heterocycles. The number of hydrogen-bond donors (Lipinski definition) is 1. The largest absolute Gasteiger partial charge is 0.508 e. The van der Waals surface area contributed by atoms with Gasteiger partial charge in [-0.3, -0.25) is 4.90 Å². The summed E-state index contributed by atoms with van der Waals surface area (Å²) in [7, 11) is 4.04. The Labute approximate surface area is 121 Å². The SMILES string of the molecule is COCC12Cc3ccc(O)cc3C(C)(CCCN1C)C2. The van der Waals surface area contributed by atoms with Gasteiger partial charge in [-0.15, -0.1) is 0 Å². The number of likely N-dealkylation sites (N-methyl/N-ethyl adjacent to an activating group) is 1. The van der Waals surface area contributed by atoms with E-state index in [2.05, 4.69) is 24.9 Å². The van der Waals surface area contributed by atoms with Crippen molar-refractivity contribution in [3.8, 4) is 5.75 Å². The van der Waals surface area contributed by atoms with Gasteiger partial charge in [0.2, 0.25) is 0 Å². The van der Waals surface area contributed by atoms with Gasteiger partial charge >= 0.3 is 0 Å². The summed E-state index contributed by atoms with van der Waals surface area (Å²) in [5.41, 5.74) is 2.97. The molecule has 0 saturated carbocycles. The summed E-state index contributed by atoms with van der Waals surface area (Å²) in [5, 5.41) is 9.85. The van der Waals surface area contributed by atoms with Crippen LogP contribution in [0.25, 0.3) is 0 Å². The lowest BCUT2D eigenvalue weighted by molar-refractivity contribution is 0.00978. The second-order valence-electron chi connectivity index (χ2n) is 6.94. The van der Waals surface area contributed by atoms with Crippen LogP contribution in [0.15, 0.2) is 18.2 Å². The van der Waals surface area contributed by atoms with Gasteiger partial charge in [-0.05, 0) is 68.0 Å². The van der Waals surface area contributed by atoms with E-state index in [0.717, 1.165) is 26.0 Å². The van der Waals surface area contributed by atoms with Crippen LogP contribution < -0.4 is 0 Å². The van der Waals surface area contributed by atoms with E-state index in [1.165, 1.54) is 24.0 Å². The first kappa shape index (κ1) is 13.9. The van der Waals surface area contributed by atoms with Gasteiger partial charge in [-0.25, -0.2) is 0 Å². The third kappa shape index (κ3) is 2.04. The number of ether oxygens (including phenoxy) is 1. The van der Waals surface area contributed by atoms with Gasteiger partial charge in [-0.2, -0.15) is 0 Å². The van der Waals surface area contributed by atoms with E-state index in [1.807, 2.05) is 12.1 Å². The van der Waals surface area contributed by atoms with Crippen LogP contribution in [0.5, 0.6) is 5.75 Å². The molecule has 2 atom stereocenters. The third-order valence-electron chi connectivity index (χ3n) is 5.43. The molecule has 1 aliphatic carbocycles. The van der Waals surface area contributed by atoms with Gasteiger partial charge in [0.05, 0.1) is 6.61 Å². The minimum absolute atomic E-state index is 0.101. The first-order chi connectivity index (χ1) is 9.49. The second-order valence-corrected chi connectivity index (χ2v) is 6.94. The topological polar surface area (TPSA) is 32.7 Å². The minimum Gasteiger partial charge on any atom is -0.508 e. The van der Waals surface area contributed by atoms with Crippen molar-refractivity contribution >= 4 is 0 Å². The maximum Gasteiger partial charge on any atom is 0.115 e. The maximum absolute atomic E-state index is 9.85. The van der Waals surface area contributed by atoms with Crippen LogP contribution >= 0.6 is 0 Å². The number of fused-ring (bicyclic) bond motifs is 4. The molecule has 1 aromatic carbocycles. The highest BCUT2D eigenvalue weighted by molar-refractivity contribution is 5.44. The highest BCUT2D eigenvalue weighted by Crippen LogP contribution is 2.49. The van der Waals surface area contributed by atoms with Gasteiger partial charge in [-0.1, -0.05) is 13.0 Å². The zero-order valence-electron chi connectivity index (χ0n) is 12.8. The van der Waals surface area contributed by atoms with Gasteiger partial charge in [0.1, 0.15) is 5.75 Å². The molecule has 1 heterocycles. The Bertz CT molecular complexity index is 516. The molecule has 110 valence electrons. The molecule has 2 bridgehead atoms. The summed E-state index contributed by atoms with van der Waals surface area (Å²) in [5.74, 6) is 0.391. The number of aromatic hydroxyl groups is 1. The number of phenolic OH excluding ortho intramolecular Hbond substituents is 1. The highest BCUT2D eigenvalue weighted by atomic mass is 16.5. The van der Waals surface area contributed by atoms with Gasteiger partial charge in [0, 0.05) is 12.6 Å². The van der Waals surface area contributed by atoms with E-state index in [0.29, 0.717) is 5.75 Å². The van der Waals surface area contributed by atoms with Crippen molar-refractivity contribution in [2.24, 2.45) is 0 Å². The number of nitrogens with zero attached hydrogens (tertiary/aromatic N) is 1. The average molecular weight is 275 g/mol. The zero-order chi connectivity index (χ0) is 14.4. The molecule has 1 aromatic rings. The van der Waals surface area contributed by atoms with Crippen molar-refractivity contribution in [3.63, 3.8) is 0 Å². The van der Waals surface area contributed by atoms with E-state index >= 15 is 0 Å². The van der Waals surface area contributed by atoms with Crippen molar-refractivity contribution in [1.29, 1.82) is 0 Å². The van der Waals surface area contributed by atoms with Crippen LogP contribution in [0.1, 0.15) is 37.3 Å². The first-order valence-electron chi connectivity index (χ1n) is 7.52. The third-order valence-corrected chi connectivity index (χ3v) is 5.43. The average Bonchev–Trinajstić information content (AvgIpc) is 2.49. The van der Waals surface area contributed by atoms with Crippen LogP contribution in [-0.4, -0.2) is 42.9 Å². The molecule has 3 heteroatoms. The first-order valence-corrected chi connectivity index (χ1v) is 7.52. The summed E-state index contributed by atoms with van der Waals surface area (Å²) in [6.07, 6.45) is 4.51. The van der Waals surface area contributed by atoms with Gasteiger partial charge in [0.15, 0.2) is 0 Å². The van der Waals surface area contributed by atoms with Gasteiger partial charge < -0.3 is 9.84 Å². The molecule has 1 saturated heterocycles. The number of rotatable bonds is 2. The smallest absolute Gasteiger partial charge is 0.115 e. The lowest BCUT2D eigenvalue weighted by Crippen LogP contribution is -2.56. The molecule has 1 N–H and O–H groups in total. The molecular weight excluding hydrogens is 250 g/mol. The molecule has 3 nitrogen and oxygen atoms in total. The molecule has 1 aliphatic heterocycles. The van der Waals surface area contributed by atoms with E-state index in [-0.39, 0.29) is 11.0 Å². The Hall–Kier alpha value is -1.06. The molecule has 1 fully saturated rings. The van der Waals surface area contributed by atoms with Crippen molar-refractivity contribution in [1.82, 2.24) is 4.90 Å². The molecule has 2 aliphatic rings. The Morgan fingerprint density at radius 2 is 2.20 bits per heavy atom. The summed E-state index contributed by atoms with van der Waals surface area (Å²) in [6.45, 7) is 4.26. The van der Waals surface area contributed by atoms with E-state index in [9.17, 15) is 5.11 Å². The Kier molecular flexibility index (Phi) is 3.30. The number of hydrogen-bond acceptors (Lipinski definition) is 3. The molecule has 0 radical (unpaired) electrons. The minimum atomic E-state index is 0.101. The number of methoxy groups -OCH3 is 1. The number of phenols is 1. The lowest BCUT2D eigenvalue weighted by atomic mass is 9.63. The van der Waals surface area contributed by atoms with E-state index in [4.69, 9.17) is 4.74 Å². The fourth-order valence-corrected chi connectivity index (χ4v) is 4.44. The fourth-order valence-electron chi connectivity index (χ4n) is 4.44. The van der Waals surface area contributed by atoms with Crippen LogP contribution in [0, 0.1) is 0 Å². The van der Waals surface area contributed by atoms with Crippen molar-refractivity contribution in [2.75, 3.05) is 27.3 Å². The van der Waals surface area contributed by atoms with Crippen LogP contribution in [-0.2, 0) is 16.6 Å². The van der Waals surface area contributed by atoms with Crippen molar-refractivity contribution in [3.05, 3.63) is 29.3 Å². The maximum atomic E-state index is 9.85. The Morgan fingerprint density at radius 1 is 1.40 bits per heavy atom. The lowest BCUT2D eigenvalue weighted by Gasteiger charge is -2.49. The van der Waals surface area contributed by atoms with Gasteiger partial charge in [0.25, 0.3) is 0 Å². The molecule has 0 spiro atoms. The molecular formula is C17H25NO2. The standard InChI is InChI=1S/C17H25NO2/c1-16-7-4-8-18(2)17(11-16,12-20-3)10-13-5-6-14(19)9-15(13)16/h5-6,9,19H,4,7-8,10-12H2,1-3H3. The van der Waals surface area contributed by atoms with Crippen LogP contribution in [0.4, 0.5) is 0 Å². The molecule has 20 heavy (non-hydrogen) atoms. The van der Waals surface area contributed by atoms with Crippen molar-refractivity contribution < 1.29 is 9.84 Å². The fraction of sp³-hybridized carbons (Fsp3) is 0.647. The summed E-state index contributed by atoms with van der Waals surface area (Å²) >= 11 is 0. The van der Waals surface area contributed by atoms with E-state index in [1.54, 1.807) is 7.11 Å². The summed E-state index contributed by atoms with van der Waals surface area (Å²) in [4.78, 5) is 2.50. The highest BCUT2D eigenvalue weighted by Gasteiger charge is 2.49.